The lowest BCUT2D eigenvalue weighted by atomic mass is 10.2. The van der Waals surface area contributed by atoms with Crippen LogP contribution in [0.15, 0.2) is 46.0 Å². The predicted octanol–water partition coefficient (Wildman–Crippen LogP) is 3.64. The summed E-state index contributed by atoms with van der Waals surface area (Å²) in [6.45, 7) is 2.22. The van der Waals surface area contributed by atoms with Crippen molar-refractivity contribution < 1.29 is 19.4 Å². The summed E-state index contributed by atoms with van der Waals surface area (Å²) in [6.07, 6.45) is 1.05. The second kappa shape index (κ2) is 10.3. The molecule has 9 heteroatoms. The topological polar surface area (TPSA) is 100 Å². The Morgan fingerprint density at radius 3 is 2.74 bits per heavy atom. The number of benzene rings is 2. The standard InChI is InChI=1S/C18H17BrIN3O4/c1-2-27-15-8-11(7-13(20)18(15)26)10-21-23-17(25)9-16(24)22-14-6-4-3-5-12(14)19/h3-8,10,26H,2,9H2,1H3,(H,22,24)(H,23,25). The molecular formula is C18H17BrIN3O4. The van der Waals surface area contributed by atoms with Gasteiger partial charge in [0.05, 0.1) is 22.1 Å². The summed E-state index contributed by atoms with van der Waals surface area (Å²) < 4.78 is 6.67. The molecule has 0 aromatic heterocycles. The summed E-state index contributed by atoms with van der Waals surface area (Å²) in [5.74, 6) is -0.603. The van der Waals surface area contributed by atoms with Crippen molar-refractivity contribution in [3.63, 3.8) is 0 Å². The van der Waals surface area contributed by atoms with Crippen LogP contribution >= 0.6 is 38.5 Å². The van der Waals surface area contributed by atoms with Crippen LogP contribution in [0.2, 0.25) is 0 Å². The number of para-hydroxylation sites is 1. The van der Waals surface area contributed by atoms with Gasteiger partial charge in [-0.3, -0.25) is 9.59 Å². The van der Waals surface area contributed by atoms with Gasteiger partial charge in [-0.05, 0) is 75.3 Å². The highest BCUT2D eigenvalue weighted by Crippen LogP contribution is 2.32. The molecule has 2 aromatic carbocycles. The van der Waals surface area contributed by atoms with Crippen LogP contribution in [0.4, 0.5) is 5.69 Å². The van der Waals surface area contributed by atoms with Gasteiger partial charge in [0.15, 0.2) is 11.5 Å². The van der Waals surface area contributed by atoms with Crippen LogP contribution in [0, 0.1) is 3.57 Å². The van der Waals surface area contributed by atoms with E-state index in [-0.39, 0.29) is 12.2 Å². The van der Waals surface area contributed by atoms with Gasteiger partial charge in [0, 0.05) is 4.47 Å². The third kappa shape index (κ3) is 6.51. The van der Waals surface area contributed by atoms with Crippen LogP contribution in [0.1, 0.15) is 18.9 Å². The Hall–Kier alpha value is -2.14. The smallest absolute Gasteiger partial charge is 0.249 e. The molecule has 0 saturated heterocycles. The van der Waals surface area contributed by atoms with Crippen molar-refractivity contribution in [3.8, 4) is 11.5 Å². The van der Waals surface area contributed by atoms with Gasteiger partial charge in [0.2, 0.25) is 11.8 Å². The van der Waals surface area contributed by atoms with E-state index in [9.17, 15) is 14.7 Å². The fourth-order valence-electron chi connectivity index (χ4n) is 2.05. The minimum Gasteiger partial charge on any atom is -0.504 e. The number of phenols is 1. The van der Waals surface area contributed by atoms with Crippen molar-refractivity contribution in [2.45, 2.75) is 13.3 Å². The Morgan fingerprint density at radius 2 is 2.04 bits per heavy atom. The van der Waals surface area contributed by atoms with Gasteiger partial charge in [0.25, 0.3) is 0 Å². The van der Waals surface area contributed by atoms with Crippen LogP contribution in [0.5, 0.6) is 11.5 Å². The SMILES string of the molecule is CCOc1cc(C=NNC(=O)CC(=O)Nc2ccccc2Br)cc(I)c1O. The zero-order chi connectivity index (χ0) is 19.8. The van der Waals surface area contributed by atoms with Crippen molar-refractivity contribution in [3.05, 3.63) is 50.0 Å². The van der Waals surface area contributed by atoms with Gasteiger partial charge in [-0.15, -0.1) is 0 Å². The highest BCUT2D eigenvalue weighted by molar-refractivity contribution is 14.1. The number of hydrazone groups is 1. The number of ether oxygens (including phenoxy) is 1. The first-order valence-electron chi connectivity index (χ1n) is 7.92. The van der Waals surface area contributed by atoms with E-state index in [1.807, 2.05) is 35.6 Å². The fraction of sp³-hybridized carbons (Fsp3) is 0.167. The van der Waals surface area contributed by atoms with Crippen LogP contribution in [-0.4, -0.2) is 29.7 Å². The van der Waals surface area contributed by atoms with E-state index in [0.29, 0.717) is 27.2 Å². The van der Waals surface area contributed by atoms with Gasteiger partial charge >= 0.3 is 0 Å². The maximum atomic E-state index is 11.9. The first-order chi connectivity index (χ1) is 12.9. The van der Waals surface area contributed by atoms with Crippen molar-refractivity contribution in [2.75, 3.05) is 11.9 Å². The van der Waals surface area contributed by atoms with Gasteiger partial charge < -0.3 is 15.2 Å². The van der Waals surface area contributed by atoms with Crippen LogP contribution < -0.4 is 15.5 Å². The van der Waals surface area contributed by atoms with Gasteiger partial charge in [-0.25, -0.2) is 5.43 Å². The van der Waals surface area contributed by atoms with E-state index in [1.165, 1.54) is 6.21 Å². The second-order valence-electron chi connectivity index (χ2n) is 5.28. The molecule has 0 saturated carbocycles. The van der Waals surface area contributed by atoms with Gasteiger partial charge in [-0.2, -0.15) is 5.10 Å². The molecular weight excluding hydrogens is 529 g/mol. The Morgan fingerprint density at radius 1 is 1.30 bits per heavy atom. The molecule has 0 fully saturated rings. The lowest BCUT2D eigenvalue weighted by Gasteiger charge is -2.08. The van der Waals surface area contributed by atoms with Crippen LogP contribution in [0.25, 0.3) is 0 Å². The van der Waals surface area contributed by atoms with E-state index in [2.05, 4.69) is 31.8 Å². The predicted molar refractivity (Wildman–Crippen MR) is 115 cm³/mol. The summed E-state index contributed by atoms with van der Waals surface area (Å²) in [5.41, 5.74) is 3.52. The maximum Gasteiger partial charge on any atom is 0.249 e. The minimum absolute atomic E-state index is 0.0578. The van der Waals surface area contributed by atoms with Gasteiger partial charge in [0.1, 0.15) is 6.42 Å². The number of nitrogens with one attached hydrogen (secondary N) is 2. The average molecular weight is 546 g/mol. The number of aromatic hydroxyl groups is 1. The normalized spacial score (nSPS) is 10.6. The molecule has 7 nitrogen and oxygen atoms in total. The molecule has 0 radical (unpaired) electrons. The highest BCUT2D eigenvalue weighted by atomic mass is 127. The monoisotopic (exact) mass is 545 g/mol. The van der Waals surface area contributed by atoms with E-state index in [0.717, 1.165) is 4.47 Å². The van der Waals surface area contributed by atoms with Crippen molar-refractivity contribution in [1.29, 1.82) is 0 Å². The zero-order valence-electron chi connectivity index (χ0n) is 14.3. The zero-order valence-corrected chi connectivity index (χ0v) is 18.1. The lowest BCUT2D eigenvalue weighted by molar-refractivity contribution is -0.126. The molecule has 0 atom stereocenters. The van der Waals surface area contributed by atoms with Crippen LogP contribution in [0.3, 0.4) is 0 Å². The summed E-state index contributed by atoms with van der Waals surface area (Å²) in [5, 5.41) is 16.4. The molecule has 2 amide bonds. The number of carbonyl (C=O) groups is 2. The molecule has 0 aliphatic heterocycles. The lowest BCUT2D eigenvalue weighted by Crippen LogP contribution is -2.24. The van der Waals surface area contributed by atoms with Crippen LogP contribution in [-0.2, 0) is 9.59 Å². The first kappa shape index (κ1) is 21.2. The molecule has 3 N–H and O–H groups in total. The molecule has 2 aromatic rings. The molecule has 0 unspecified atom stereocenters. The average Bonchev–Trinajstić information content (AvgIpc) is 2.61. The molecule has 0 bridgehead atoms. The van der Waals surface area contributed by atoms with Crippen molar-refractivity contribution in [1.82, 2.24) is 5.43 Å². The molecule has 0 aliphatic carbocycles. The molecule has 142 valence electrons. The second-order valence-corrected chi connectivity index (χ2v) is 7.30. The Bertz CT molecular complexity index is 874. The summed E-state index contributed by atoms with van der Waals surface area (Å²) >= 11 is 5.29. The summed E-state index contributed by atoms with van der Waals surface area (Å²) in [7, 11) is 0. The Kier molecular flexibility index (Phi) is 8.04. The van der Waals surface area contributed by atoms with Crippen molar-refractivity contribution in [2.24, 2.45) is 5.10 Å². The van der Waals surface area contributed by atoms with E-state index in [4.69, 9.17) is 4.74 Å². The Balaban J connectivity index is 1.91. The third-order valence-corrected chi connectivity index (χ3v) is 4.74. The molecule has 0 aliphatic rings. The number of amides is 2. The molecule has 0 spiro atoms. The third-order valence-electron chi connectivity index (χ3n) is 3.22. The van der Waals surface area contributed by atoms with Gasteiger partial charge in [-0.1, -0.05) is 12.1 Å². The number of anilines is 1. The number of hydrogen-bond donors (Lipinski definition) is 3. The number of phenolic OH excluding ortho intramolecular Hbond substituents is 1. The number of halogens is 2. The highest BCUT2D eigenvalue weighted by Gasteiger charge is 2.11. The fourth-order valence-corrected chi connectivity index (χ4v) is 3.06. The maximum absolute atomic E-state index is 11.9. The molecule has 27 heavy (non-hydrogen) atoms. The number of hydrogen-bond acceptors (Lipinski definition) is 5. The quantitative estimate of drug-likeness (QED) is 0.214. The molecule has 0 heterocycles. The van der Waals surface area contributed by atoms with Crippen molar-refractivity contribution >= 4 is 62.2 Å². The number of rotatable bonds is 7. The van der Waals surface area contributed by atoms with E-state index < -0.39 is 11.8 Å². The van der Waals surface area contributed by atoms with E-state index in [1.54, 1.807) is 30.3 Å². The minimum atomic E-state index is -0.547. The number of nitrogens with zero attached hydrogens (tertiary/aromatic N) is 1. The summed E-state index contributed by atoms with van der Waals surface area (Å²) in [4.78, 5) is 23.8. The Labute approximate surface area is 178 Å². The number of carbonyl (C=O) groups excluding carboxylic acids is 2. The largest absolute Gasteiger partial charge is 0.504 e. The first-order valence-corrected chi connectivity index (χ1v) is 9.79. The van der Waals surface area contributed by atoms with E-state index >= 15 is 0 Å². The molecule has 2 rings (SSSR count). The summed E-state index contributed by atoms with van der Waals surface area (Å²) in [6, 6.07) is 10.4.